The van der Waals surface area contributed by atoms with Crippen LogP contribution in [0.5, 0.6) is 0 Å². The first kappa shape index (κ1) is 13.3. The van der Waals surface area contributed by atoms with Crippen LogP contribution in [0.1, 0.15) is 32.6 Å². The van der Waals surface area contributed by atoms with Gasteiger partial charge in [-0.05, 0) is 31.7 Å². The molecule has 0 radical (unpaired) electrons. The predicted molar refractivity (Wildman–Crippen MR) is 67.9 cm³/mol. The van der Waals surface area contributed by atoms with Gasteiger partial charge in [0.2, 0.25) is 0 Å². The minimum absolute atomic E-state index is 0.0377. The first-order chi connectivity index (χ1) is 8.09. The summed E-state index contributed by atoms with van der Waals surface area (Å²) >= 11 is 0. The maximum atomic E-state index is 12.2. The number of nitrogens with zero attached hydrogens (tertiary/aromatic N) is 1. The van der Waals surface area contributed by atoms with Gasteiger partial charge >= 0.3 is 0 Å². The fourth-order valence-electron chi connectivity index (χ4n) is 2.52. The lowest BCUT2D eigenvalue weighted by Gasteiger charge is -2.33. The van der Waals surface area contributed by atoms with Gasteiger partial charge in [-0.1, -0.05) is 13.3 Å². The third-order valence-corrected chi connectivity index (χ3v) is 5.43. The van der Waals surface area contributed by atoms with Crippen LogP contribution >= 0.6 is 0 Å². The van der Waals surface area contributed by atoms with Crippen LogP contribution in [0.3, 0.4) is 0 Å². The van der Waals surface area contributed by atoms with Crippen LogP contribution in [0.4, 0.5) is 0 Å². The molecule has 0 spiro atoms. The fourth-order valence-corrected chi connectivity index (χ4v) is 4.10. The lowest BCUT2D eigenvalue weighted by atomic mass is 9.96. The van der Waals surface area contributed by atoms with Crippen molar-refractivity contribution in [1.82, 2.24) is 14.3 Å². The van der Waals surface area contributed by atoms with E-state index in [1.165, 1.54) is 0 Å². The number of piperidine rings is 2. The van der Waals surface area contributed by atoms with Crippen molar-refractivity contribution in [3.05, 3.63) is 0 Å². The minimum Gasteiger partial charge on any atom is -0.315 e. The molecule has 2 rings (SSSR count). The Morgan fingerprint density at radius 2 is 1.94 bits per heavy atom. The Labute approximate surface area is 104 Å². The van der Waals surface area contributed by atoms with Crippen LogP contribution in [0.2, 0.25) is 0 Å². The number of hydrogen-bond acceptors (Lipinski definition) is 3. The monoisotopic (exact) mass is 261 g/mol. The zero-order chi connectivity index (χ0) is 12.3. The molecule has 2 aliphatic heterocycles. The summed E-state index contributed by atoms with van der Waals surface area (Å²) in [4.78, 5) is 0. The Bertz CT molecular complexity index is 339. The van der Waals surface area contributed by atoms with E-state index in [1.807, 2.05) is 0 Å². The largest absolute Gasteiger partial charge is 0.315 e. The highest BCUT2D eigenvalue weighted by Crippen LogP contribution is 2.16. The molecule has 100 valence electrons. The third kappa shape index (κ3) is 3.40. The first-order valence-electron chi connectivity index (χ1n) is 6.58. The molecular weight excluding hydrogens is 238 g/mol. The average molecular weight is 261 g/mol. The summed E-state index contributed by atoms with van der Waals surface area (Å²) in [6, 6.07) is 0.0377. The van der Waals surface area contributed by atoms with E-state index in [0.29, 0.717) is 19.0 Å². The smallest absolute Gasteiger partial charge is 0.279 e. The summed E-state index contributed by atoms with van der Waals surface area (Å²) in [6.07, 6.45) is 4.15. The second-order valence-electron chi connectivity index (χ2n) is 5.16. The maximum Gasteiger partial charge on any atom is 0.279 e. The molecule has 0 aromatic rings. The molecule has 5 nitrogen and oxygen atoms in total. The summed E-state index contributed by atoms with van der Waals surface area (Å²) in [5.74, 6) is 0.413. The van der Waals surface area contributed by atoms with Crippen molar-refractivity contribution in [2.45, 2.75) is 38.6 Å². The predicted octanol–water partition coefficient (Wildman–Crippen LogP) is 0.305. The molecule has 0 aliphatic carbocycles. The van der Waals surface area contributed by atoms with Crippen LogP contribution in [-0.4, -0.2) is 44.9 Å². The summed E-state index contributed by atoms with van der Waals surface area (Å²) in [5, 5.41) is 3.25. The molecule has 2 unspecified atom stereocenters. The number of nitrogens with one attached hydrogen (secondary N) is 2. The molecule has 6 heteroatoms. The normalized spacial score (nSPS) is 32.5. The zero-order valence-corrected chi connectivity index (χ0v) is 11.3. The molecule has 0 saturated carbocycles. The van der Waals surface area contributed by atoms with Crippen LogP contribution in [-0.2, 0) is 10.2 Å². The van der Waals surface area contributed by atoms with Crippen molar-refractivity contribution < 1.29 is 8.42 Å². The summed E-state index contributed by atoms with van der Waals surface area (Å²) in [7, 11) is -3.27. The van der Waals surface area contributed by atoms with Gasteiger partial charge in [0, 0.05) is 25.7 Å². The van der Waals surface area contributed by atoms with E-state index < -0.39 is 10.2 Å². The Morgan fingerprint density at radius 1 is 1.24 bits per heavy atom. The Balaban J connectivity index is 1.95. The van der Waals surface area contributed by atoms with E-state index >= 15 is 0 Å². The highest BCUT2D eigenvalue weighted by Gasteiger charge is 2.30. The van der Waals surface area contributed by atoms with Gasteiger partial charge < -0.3 is 5.32 Å². The van der Waals surface area contributed by atoms with Crippen molar-refractivity contribution in [2.24, 2.45) is 5.92 Å². The zero-order valence-electron chi connectivity index (χ0n) is 10.5. The van der Waals surface area contributed by atoms with E-state index in [4.69, 9.17) is 0 Å². The van der Waals surface area contributed by atoms with Gasteiger partial charge in [0.05, 0.1) is 0 Å². The molecule has 0 bridgehead atoms. The first-order valence-corrected chi connectivity index (χ1v) is 8.02. The van der Waals surface area contributed by atoms with E-state index in [-0.39, 0.29) is 6.04 Å². The standard InChI is InChI=1S/C11H23N3O2S/c1-10-5-6-12-9-11(10)13-17(15,16)14-7-3-2-4-8-14/h10-13H,2-9H2,1H3. The van der Waals surface area contributed by atoms with Crippen molar-refractivity contribution in [3.63, 3.8) is 0 Å². The number of rotatable bonds is 3. The van der Waals surface area contributed by atoms with Crippen LogP contribution < -0.4 is 10.0 Å². The Hall–Kier alpha value is -0.170. The lowest BCUT2D eigenvalue weighted by molar-refractivity contribution is 0.303. The molecule has 2 aliphatic rings. The maximum absolute atomic E-state index is 12.2. The quantitative estimate of drug-likeness (QED) is 0.768. The molecule has 0 aromatic heterocycles. The van der Waals surface area contributed by atoms with Crippen molar-refractivity contribution in [2.75, 3.05) is 26.2 Å². The van der Waals surface area contributed by atoms with Crippen LogP contribution in [0, 0.1) is 5.92 Å². The second kappa shape index (κ2) is 5.65. The summed E-state index contributed by atoms with van der Waals surface area (Å²) in [5.41, 5.74) is 0. The highest BCUT2D eigenvalue weighted by atomic mass is 32.2. The SMILES string of the molecule is CC1CCNCC1NS(=O)(=O)N1CCCCC1. The topological polar surface area (TPSA) is 61.4 Å². The molecule has 2 fully saturated rings. The van der Waals surface area contributed by atoms with Crippen molar-refractivity contribution in [1.29, 1.82) is 0 Å². The second-order valence-corrected chi connectivity index (χ2v) is 6.86. The Kier molecular flexibility index (Phi) is 4.41. The third-order valence-electron chi connectivity index (χ3n) is 3.78. The molecule has 2 saturated heterocycles. The number of hydrogen-bond donors (Lipinski definition) is 2. The van der Waals surface area contributed by atoms with Gasteiger partial charge in [0.25, 0.3) is 10.2 Å². The van der Waals surface area contributed by atoms with E-state index in [9.17, 15) is 8.42 Å². The molecule has 2 atom stereocenters. The van der Waals surface area contributed by atoms with Gasteiger partial charge in [-0.25, -0.2) is 0 Å². The summed E-state index contributed by atoms with van der Waals surface area (Å²) in [6.45, 7) is 5.19. The minimum atomic E-state index is -3.27. The molecular formula is C11H23N3O2S. The van der Waals surface area contributed by atoms with E-state index in [0.717, 1.165) is 38.8 Å². The van der Waals surface area contributed by atoms with Crippen LogP contribution in [0.25, 0.3) is 0 Å². The van der Waals surface area contributed by atoms with E-state index in [2.05, 4.69) is 17.0 Å². The molecule has 0 amide bonds. The highest BCUT2D eigenvalue weighted by molar-refractivity contribution is 7.87. The van der Waals surface area contributed by atoms with Crippen molar-refractivity contribution >= 4 is 10.2 Å². The van der Waals surface area contributed by atoms with Gasteiger partial charge in [-0.2, -0.15) is 17.4 Å². The molecule has 17 heavy (non-hydrogen) atoms. The molecule has 0 aromatic carbocycles. The van der Waals surface area contributed by atoms with Gasteiger partial charge in [0.1, 0.15) is 0 Å². The van der Waals surface area contributed by atoms with Gasteiger partial charge in [-0.15, -0.1) is 0 Å². The van der Waals surface area contributed by atoms with Gasteiger partial charge in [0.15, 0.2) is 0 Å². The fraction of sp³-hybridized carbons (Fsp3) is 1.00. The molecule has 2 heterocycles. The molecule has 2 N–H and O–H groups in total. The van der Waals surface area contributed by atoms with Gasteiger partial charge in [-0.3, -0.25) is 0 Å². The summed E-state index contributed by atoms with van der Waals surface area (Å²) < 4.78 is 28.8. The lowest BCUT2D eigenvalue weighted by Crippen LogP contribution is -2.54. The van der Waals surface area contributed by atoms with Crippen molar-refractivity contribution in [3.8, 4) is 0 Å². The van der Waals surface area contributed by atoms with Crippen LogP contribution in [0.15, 0.2) is 0 Å². The average Bonchev–Trinajstić information content (AvgIpc) is 2.33. The Morgan fingerprint density at radius 3 is 2.59 bits per heavy atom. The van der Waals surface area contributed by atoms with E-state index in [1.54, 1.807) is 4.31 Å².